The summed E-state index contributed by atoms with van der Waals surface area (Å²) in [6.07, 6.45) is 1.75. The van der Waals surface area contributed by atoms with E-state index in [2.05, 4.69) is 11.1 Å². The van der Waals surface area contributed by atoms with Crippen LogP contribution in [-0.4, -0.2) is 10.1 Å². The number of benzene rings is 1. The van der Waals surface area contributed by atoms with Gasteiger partial charge in [0.2, 0.25) is 0 Å². The average molecular weight is 158 g/mol. The Labute approximate surface area is 70.5 Å². The van der Waals surface area contributed by atoms with E-state index in [9.17, 15) is 0 Å². The van der Waals surface area contributed by atoms with Crippen molar-refractivity contribution < 1.29 is 5.11 Å². The molecule has 0 spiro atoms. The lowest BCUT2D eigenvalue weighted by Gasteiger charge is -1.97. The molecule has 0 bridgehead atoms. The van der Waals surface area contributed by atoms with Gasteiger partial charge < -0.3 is 5.11 Å². The molecule has 0 aliphatic carbocycles. The zero-order valence-corrected chi connectivity index (χ0v) is 6.49. The van der Waals surface area contributed by atoms with Crippen molar-refractivity contribution in [2.75, 3.05) is 0 Å². The predicted molar refractivity (Wildman–Crippen MR) is 46.5 cm³/mol. The summed E-state index contributed by atoms with van der Waals surface area (Å²) >= 11 is 0. The van der Waals surface area contributed by atoms with Gasteiger partial charge >= 0.3 is 0 Å². The Morgan fingerprint density at radius 2 is 2.42 bits per heavy atom. The molecule has 2 nitrogen and oxygen atoms in total. The lowest BCUT2D eigenvalue weighted by molar-refractivity contribution is 0.277. The highest BCUT2D eigenvalue weighted by Gasteiger charge is 1.94. The lowest BCUT2D eigenvalue weighted by Crippen LogP contribution is -1.87. The number of fused-ring (bicyclic) bond motifs is 1. The Kier molecular flexibility index (Phi) is 1.76. The summed E-state index contributed by atoms with van der Waals surface area (Å²) in [4.78, 5) is 4.06. The zero-order chi connectivity index (χ0) is 8.39. The second kappa shape index (κ2) is 2.91. The highest BCUT2D eigenvalue weighted by atomic mass is 16.3. The maximum atomic E-state index is 8.82. The molecule has 2 rings (SSSR count). The summed E-state index contributed by atoms with van der Waals surface area (Å²) in [5.41, 5.74) is 0.685. The van der Waals surface area contributed by atoms with E-state index < -0.39 is 0 Å². The molecule has 1 aromatic carbocycles. The fourth-order valence-electron chi connectivity index (χ4n) is 1.14. The maximum Gasteiger partial charge on any atom is 0.0853 e. The molecule has 0 unspecified atom stereocenters. The van der Waals surface area contributed by atoms with Crippen LogP contribution < -0.4 is 0 Å². The molecule has 0 amide bonds. The third kappa shape index (κ3) is 1.17. The molecule has 1 N–H and O–H groups in total. The Morgan fingerprint density at radius 1 is 1.50 bits per heavy atom. The maximum absolute atomic E-state index is 8.82. The highest BCUT2D eigenvalue weighted by Crippen LogP contribution is 2.12. The molecule has 12 heavy (non-hydrogen) atoms. The van der Waals surface area contributed by atoms with Gasteiger partial charge in [0.15, 0.2) is 0 Å². The minimum absolute atomic E-state index is 0.0152. The van der Waals surface area contributed by atoms with Crippen molar-refractivity contribution >= 4 is 10.8 Å². The van der Waals surface area contributed by atoms with Crippen molar-refractivity contribution in [2.45, 2.75) is 6.61 Å². The summed E-state index contributed by atoms with van der Waals surface area (Å²) < 4.78 is 0. The first-order valence-corrected chi connectivity index (χ1v) is 3.76. The standard InChI is InChI=1S/C10H8NO/c12-7-10-5-8-3-1-2-4-9(8)6-11-10/h1-2,4-6,12H,7H2. The predicted octanol–water partition coefficient (Wildman–Crippen LogP) is 1.53. The summed E-state index contributed by atoms with van der Waals surface area (Å²) in [6.45, 7) is -0.0152. The minimum atomic E-state index is -0.0152. The number of hydrogen-bond donors (Lipinski definition) is 1. The van der Waals surface area contributed by atoms with E-state index in [0.717, 1.165) is 10.8 Å². The minimum Gasteiger partial charge on any atom is -0.390 e. The first kappa shape index (κ1) is 7.25. The highest BCUT2D eigenvalue weighted by molar-refractivity contribution is 5.81. The van der Waals surface area contributed by atoms with E-state index in [1.165, 1.54) is 0 Å². The first-order valence-electron chi connectivity index (χ1n) is 3.76. The zero-order valence-electron chi connectivity index (χ0n) is 6.49. The van der Waals surface area contributed by atoms with Gasteiger partial charge in [-0.25, -0.2) is 0 Å². The van der Waals surface area contributed by atoms with Gasteiger partial charge in [-0.05, 0) is 17.5 Å². The summed E-state index contributed by atoms with van der Waals surface area (Å²) in [6, 6.07) is 10.7. The molecular weight excluding hydrogens is 150 g/mol. The van der Waals surface area contributed by atoms with Gasteiger partial charge in [-0.15, -0.1) is 0 Å². The number of nitrogens with zero attached hydrogens (tertiary/aromatic N) is 1. The fourth-order valence-corrected chi connectivity index (χ4v) is 1.14. The average Bonchev–Trinajstić information content (AvgIpc) is 2.17. The molecule has 0 aliphatic heterocycles. The summed E-state index contributed by atoms with van der Waals surface area (Å²) in [5.74, 6) is 0. The third-order valence-corrected chi connectivity index (χ3v) is 1.76. The summed E-state index contributed by atoms with van der Waals surface area (Å²) in [5, 5.41) is 10.9. The van der Waals surface area contributed by atoms with Crippen molar-refractivity contribution in [3.63, 3.8) is 0 Å². The van der Waals surface area contributed by atoms with Crippen molar-refractivity contribution in [1.29, 1.82) is 0 Å². The largest absolute Gasteiger partial charge is 0.390 e. The fraction of sp³-hybridized carbons (Fsp3) is 0.100. The quantitative estimate of drug-likeness (QED) is 0.682. The number of aromatic nitrogens is 1. The molecule has 0 saturated heterocycles. The lowest BCUT2D eigenvalue weighted by atomic mass is 10.1. The van der Waals surface area contributed by atoms with E-state index in [0.29, 0.717) is 5.69 Å². The summed E-state index contributed by atoms with van der Waals surface area (Å²) in [7, 11) is 0. The van der Waals surface area contributed by atoms with Gasteiger partial charge in [0.1, 0.15) is 0 Å². The Morgan fingerprint density at radius 3 is 3.25 bits per heavy atom. The van der Waals surface area contributed by atoms with E-state index in [1.54, 1.807) is 6.20 Å². The Balaban J connectivity index is 2.67. The molecule has 1 aromatic heterocycles. The molecule has 0 saturated carbocycles. The van der Waals surface area contributed by atoms with E-state index in [-0.39, 0.29) is 6.61 Å². The van der Waals surface area contributed by atoms with Gasteiger partial charge in [0.25, 0.3) is 0 Å². The van der Waals surface area contributed by atoms with Crippen LogP contribution in [0.1, 0.15) is 5.69 Å². The van der Waals surface area contributed by atoms with Crippen molar-refractivity contribution in [1.82, 2.24) is 4.98 Å². The van der Waals surface area contributed by atoms with Crippen LogP contribution in [0, 0.1) is 6.07 Å². The van der Waals surface area contributed by atoms with Crippen LogP contribution >= 0.6 is 0 Å². The smallest absolute Gasteiger partial charge is 0.0853 e. The molecule has 0 atom stereocenters. The van der Waals surface area contributed by atoms with Crippen molar-refractivity contribution in [3.05, 3.63) is 42.2 Å². The second-order valence-electron chi connectivity index (χ2n) is 2.59. The molecule has 1 heterocycles. The SMILES string of the molecule is OCc1cc2[c]cccc2cn1. The van der Waals surface area contributed by atoms with Crippen molar-refractivity contribution in [2.24, 2.45) is 0 Å². The molecular formula is C10H8NO. The second-order valence-corrected chi connectivity index (χ2v) is 2.59. The molecule has 0 fully saturated rings. The number of rotatable bonds is 1. The number of hydrogen-bond acceptors (Lipinski definition) is 2. The van der Waals surface area contributed by atoms with Crippen LogP contribution in [0.5, 0.6) is 0 Å². The van der Waals surface area contributed by atoms with Crippen LogP contribution in [0.3, 0.4) is 0 Å². The first-order chi connectivity index (χ1) is 5.90. The molecule has 1 radical (unpaired) electrons. The monoisotopic (exact) mass is 158 g/mol. The Hall–Kier alpha value is -1.41. The van der Waals surface area contributed by atoms with Crippen LogP contribution in [0.2, 0.25) is 0 Å². The molecule has 2 aromatic rings. The van der Waals surface area contributed by atoms with Gasteiger partial charge in [-0.2, -0.15) is 0 Å². The number of aliphatic hydroxyl groups excluding tert-OH is 1. The van der Waals surface area contributed by atoms with E-state index >= 15 is 0 Å². The van der Waals surface area contributed by atoms with E-state index in [4.69, 9.17) is 5.11 Å². The third-order valence-electron chi connectivity index (χ3n) is 1.76. The Bertz CT molecular complexity index is 398. The normalized spacial score (nSPS) is 10.4. The molecule has 59 valence electrons. The number of pyridine rings is 1. The van der Waals surface area contributed by atoms with Crippen molar-refractivity contribution in [3.8, 4) is 0 Å². The van der Waals surface area contributed by atoms with Gasteiger partial charge in [-0.1, -0.05) is 18.2 Å². The van der Waals surface area contributed by atoms with Crippen LogP contribution in [0.4, 0.5) is 0 Å². The van der Waals surface area contributed by atoms with Gasteiger partial charge in [0, 0.05) is 11.6 Å². The molecule has 0 aliphatic rings. The van der Waals surface area contributed by atoms with E-state index in [1.807, 2.05) is 24.3 Å². The molecule has 2 heteroatoms. The van der Waals surface area contributed by atoms with Crippen LogP contribution in [0.15, 0.2) is 30.5 Å². The van der Waals surface area contributed by atoms with Gasteiger partial charge in [0.05, 0.1) is 12.3 Å². The van der Waals surface area contributed by atoms with Crippen LogP contribution in [-0.2, 0) is 6.61 Å². The number of aliphatic hydroxyl groups is 1. The van der Waals surface area contributed by atoms with Crippen LogP contribution in [0.25, 0.3) is 10.8 Å². The topological polar surface area (TPSA) is 33.1 Å². The van der Waals surface area contributed by atoms with Gasteiger partial charge in [-0.3, -0.25) is 4.98 Å².